The van der Waals surface area contributed by atoms with Gasteiger partial charge in [-0.25, -0.2) is 9.78 Å². The van der Waals surface area contributed by atoms with Gasteiger partial charge in [0.05, 0.1) is 18.2 Å². The van der Waals surface area contributed by atoms with Crippen LogP contribution < -0.4 is 5.32 Å². The van der Waals surface area contributed by atoms with Crippen LogP contribution in [-0.4, -0.2) is 34.8 Å². The van der Waals surface area contributed by atoms with E-state index in [2.05, 4.69) is 10.3 Å². The quantitative estimate of drug-likeness (QED) is 0.824. The van der Waals surface area contributed by atoms with E-state index < -0.39 is 11.5 Å². The zero-order chi connectivity index (χ0) is 13.2. The summed E-state index contributed by atoms with van der Waals surface area (Å²) in [5, 5.41) is 21.0. The predicted molar refractivity (Wildman–Crippen MR) is 63.1 cm³/mol. The fourth-order valence-electron chi connectivity index (χ4n) is 1.93. The lowest BCUT2D eigenvalue weighted by atomic mass is 9.99. The molecule has 6 nitrogen and oxygen atoms in total. The van der Waals surface area contributed by atoms with Crippen molar-refractivity contribution in [3.8, 4) is 6.07 Å². The van der Waals surface area contributed by atoms with Crippen LogP contribution in [0.25, 0.3) is 0 Å². The summed E-state index contributed by atoms with van der Waals surface area (Å²) in [6, 6.07) is 5.20. The molecule has 1 aliphatic heterocycles. The molecule has 1 fully saturated rings. The summed E-state index contributed by atoms with van der Waals surface area (Å²) < 4.78 is 5.14. The van der Waals surface area contributed by atoms with Crippen LogP contribution in [0.3, 0.4) is 0 Å². The van der Waals surface area contributed by atoms with Gasteiger partial charge in [0.2, 0.25) is 0 Å². The van der Waals surface area contributed by atoms with Gasteiger partial charge in [0, 0.05) is 18.7 Å². The Balaban J connectivity index is 2.30. The van der Waals surface area contributed by atoms with Crippen molar-refractivity contribution in [2.24, 2.45) is 0 Å². The topological polar surface area (TPSA) is 95.2 Å². The average Bonchev–Trinajstić information content (AvgIpc) is 2.78. The molecule has 0 aromatic carbocycles. The highest BCUT2D eigenvalue weighted by Gasteiger charge is 2.42. The molecule has 1 aliphatic rings. The van der Waals surface area contributed by atoms with E-state index in [1.54, 1.807) is 13.0 Å². The number of pyridine rings is 1. The Morgan fingerprint density at radius 1 is 1.67 bits per heavy atom. The molecule has 0 amide bonds. The van der Waals surface area contributed by atoms with Gasteiger partial charge in [-0.1, -0.05) is 0 Å². The molecule has 1 aromatic heterocycles. The Bertz CT molecular complexity index is 516. The second-order valence-corrected chi connectivity index (χ2v) is 4.31. The summed E-state index contributed by atoms with van der Waals surface area (Å²) in [6.07, 6.45) is 0.375. The predicted octanol–water partition coefficient (Wildman–Crippen LogP) is 0.917. The summed E-state index contributed by atoms with van der Waals surface area (Å²) in [5.41, 5.74) is -0.0338. The van der Waals surface area contributed by atoms with E-state index in [0.29, 0.717) is 30.1 Å². The number of nitrogens with zero attached hydrogens (tertiary/aromatic N) is 2. The van der Waals surface area contributed by atoms with Crippen LogP contribution in [0.15, 0.2) is 12.1 Å². The van der Waals surface area contributed by atoms with Crippen molar-refractivity contribution >= 4 is 11.8 Å². The molecule has 18 heavy (non-hydrogen) atoms. The van der Waals surface area contributed by atoms with Gasteiger partial charge < -0.3 is 15.2 Å². The molecule has 1 saturated heterocycles. The third kappa shape index (κ3) is 2.26. The summed E-state index contributed by atoms with van der Waals surface area (Å²) in [5.74, 6) is -0.582. The summed E-state index contributed by atoms with van der Waals surface area (Å²) in [6.45, 7) is 2.25. The lowest BCUT2D eigenvalue weighted by Gasteiger charge is -2.24. The second kappa shape index (κ2) is 4.63. The van der Waals surface area contributed by atoms with Crippen molar-refractivity contribution in [1.82, 2.24) is 4.98 Å². The Kier molecular flexibility index (Phi) is 3.17. The van der Waals surface area contributed by atoms with Gasteiger partial charge in [-0.3, -0.25) is 0 Å². The van der Waals surface area contributed by atoms with E-state index in [1.165, 1.54) is 6.07 Å². The van der Waals surface area contributed by atoms with Crippen molar-refractivity contribution in [1.29, 1.82) is 5.26 Å². The largest absolute Gasteiger partial charge is 0.479 e. The fraction of sp³-hybridized carbons (Fsp3) is 0.417. The first-order chi connectivity index (χ1) is 8.55. The Labute approximate surface area is 104 Å². The fourth-order valence-corrected chi connectivity index (χ4v) is 1.93. The molecule has 1 unspecified atom stereocenters. The first-order valence-electron chi connectivity index (χ1n) is 5.54. The molecular formula is C12H13N3O3. The number of carboxylic acid groups (broad SMARTS) is 1. The number of aromatic nitrogens is 1. The summed E-state index contributed by atoms with van der Waals surface area (Å²) in [7, 11) is 0. The number of nitrogens with one attached hydrogen (secondary N) is 1. The molecule has 0 aliphatic carbocycles. The molecule has 6 heteroatoms. The zero-order valence-corrected chi connectivity index (χ0v) is 9.93. The monoisotopic (exact) mass is 247 g/mol. The molecule has 1 aromatic rings. The lowest BCUT2D eigenvalue weighted by Crippen LogP contribution is -2.47. The third-order valence-electron chi connectivity index (χ3n) is 2.88. The van der Waals surface area contributed by atoms with Gasteiger partial charge in [0.15, 0.2) is 5.54 Å². The SMILES string of the molecule is Cc1cc(C#N)cc(NC2(C(=O)O)CCOC2)n1. The lowest BCUT2D eigenvalue weighted by molar-refractivity contribution is -0.142. The van der Waals surface area contributed by atoms with Crippen LogP contribution in [0.5, 0.6) is 0 Å². The smallest absolute Gasteiger partial charge is 0.331 e. The molecule has 0 bridgehead atoms. The van der Waals surface area contributed by atoms with Crippen LogP contribution >= 0.6 is 0 Å². The van der Waals surface area contributed by atoms with Gasteiger partial charge in [0.25, 0.3) is 0 Å². The molecule has 2 N–H and O–H groups in total. The Morgan fingerprint density at radius 2 is 2.44 bits per heavy atom. The minimum atomic E-state index is -1.15. The second-order valence-electron chi connectivity index (χ2n) is 4.31. The van der Waals surface area contributed by atoms with Gasteiger partial charge in [-0.05, 0) is 19.1 Å². The van der Waals surface area contributed by atoms with Crippen molar-refractivity contribution in [3.05, 3.63) is 23.4 Å². The van der Waals surface area contributed by atoms with Gasteiger partial charge in [-0.15, -0.1) is 0 Å². The number of aryl methyl sites for hydroxylation is 1. The molecule has 0 spiro atoms. The zero-order valence-electron chi connectivity index (χ0n) is 9.93. The third-order valence-corrected chi connectivity index (χ3v) is 2.88. The first-order valence-corrected chi connectivity index (χ1v) is 5.54. The average molecular weight is 247 g/mol. The number of hydrogen-bond acceptors (Lipinski definition) is 5. The summed E-state index contributed by atoms with van der Waals surface area (Å²) in [4.78, 5) is 15.5. The van der Waals surface area contributed by atoms with Crippen LogP contribution in [0.4, 0.5) is 5.82 Å². The minimum Gasteiger partial charge on any atom is -0.479 e. The van der Waals surface area contributed by atoms with Gasteiger partial charge in [0.1, 0.15) is 5.82 Å². The number of aliphatic carboxylic acids is 1. The van der Waals surface area contributed by atoms with Crippen molar-refractivity contribution in [2.45, 2.75) is 18.9 Å². The molecule has 2 rings (SSSR count). The van der Waals surface area contributed by atoms with E-state index in [4.69, 9.17) is 10.00 Å². The highest BCUT2D eigenvalue weighted by molar-refractivity contribution is 5.83. The van der Waals surface area contributed by atoms with E-state index in [1.807, 2.05) is 6.07 Å². The van der Waals surface area contributed by atoms with Gasteiger partial charge >= 0.3 is 5.97 Å². The molecule has 1 atom stereocenters. The van der Waals surface area contributed by atoms with Gasteiger partial charge in [-0.2, -0.15) is 5.26 Å². The maximum absolute atomic E-state index is 11.3. The van der Waals surface area contributed by atoms with Crippen molar-refractivity contribution in [3.63, 3.8) is 0 Å². The number of nitriles is 1. The first kappa shape index (κ1) is 12.3. The van der Waals surface area contributed by atoms with Crippen LogP contribution in [-0.2, 0) is 9.53 Å². The molecule has 0 radical (unpaired) electrons. The highest BCUT2D eigenvalue weighted by Crippen LogP contribution is 2.24. The molecule has 0 saturated carbocycles. The molecular weight excluding hydrogens is 234 g/mol. The number of hydrogen-bond donors (Lipinski definition) is 2. The molecule has 2 heterocycles. The standard InChI is InChI=1S/C12H13N3O3/c1-8-4-9(6-13)5-10(14-8)15-12(11(16)17)2-3-18-7-12/h4-5H,2-3,7H2,1H3,(H,14,15)(H,16,17). The van der Waals surface area contributed by atoms with Crippen molar-refractivity contribution in [2.75, 3.05) is 18.5 Å². The number of carboxylic acids is 1. The van der Waals surface area contributed by atoms with Crippen LogP contribution in [0, 0.1) is 18.3 Å². The number of rotatable bonds is 3. The van der Waals surface area contributed by atoms with E-state index in [0.717, 1.165) is 0 Å². The number of carbonyl (C=O) groups is 1. The van der Waals surface area contributed by atoms with Crippen molar-refractivity contribution < 1.29 is 14.6 Å². The summed E-state index contributed by atoms with van der Waals surface area (Å²) >= 11 is 0. The number of ether oxygens (including phenoxy) is 1. The molecule has 94 valence electrons. The van der Waals surface area contributed by atoms with E-state index >= 15 is 0 Å². The Hall–Kier alpha value is -2.13. The van der Waals surface area contributed by atoms with E-state index in [-0.39, 0.29) is 6.61 Å². The highest BCUT2D eigenvalue weighted by atomic mass is 16.5. The number of anilines is 1. The minimum absolute atomic E-state index is 0.0971. The van der Waals surface area contributed by atoms with Crippen LogP contribution in [0.2, 0.25) is 0 Å². The maximum Gasteiger partial charge on any atom is 0.331 e. The maximum atomic E-state index is 11.3. The normalized spacial score (nSPS) is 22.4. The van der Waals surface area contributed by atoms with Crippen LogP contribution in [0.1, 0.15) is 17.7 Å². The Morgan fingerprint density at radius 3 is 3.00 bits per heavy atom. The van der Waals surface area contributed by atoms with E-state index in [9.17, 15) is 9.90 Å².